The Bertz CT molecular complexity index is 1100. The van der Waals surface area contributed by atoms with E-state index in [9.17, 15) is 0 Å². The van der Waals surface area contributed by atoms with Crippen LogP contribution in [0.3, 0.4) is 0 Å². The maximum atomic E-state index is 6.22. The zero-order chi connectivity index (χ0) is 18.2. The lowest BCUT2D eigenvalue weighted by atomic mass is 10.1. The second-order valence-electron chi connectivity index (χ2n) is 7.06. The molecule has 5 nitrogen and oxygen atoms in total. The second kappa shape index (κ2) is 6.82. The Balaban J connectivity index is 1.73. The SMILES string of the molecule is Clc1ccc2c(c1)nc(N1CCCCC1)n1c(Cc3ccccc3)nnc21. The molecule has 0 saturated carbocycles. The van der Waals surface area contributed by atoms with Crippen LogP contribution in [0.15, 0.2) is 48.5 Å². The summed E-state index contributed by atoms with van der Waals surface area (Å²) in [6.45, 7) is 2.02. The van der Waals surface area contributed by atoms with Gasteiger partial charge in [0.1, 0.15) is 5.82 Å². The number of nitrogens with zero attached hydrogens (tertiary/aromatic N) is 5. The van der Waals surface area contributed by atoms with Crippen molar-refractivity contribution in [3.8, 4) is 0 Å². The molecule has 4 aromatic rings. The van der Waals surface area contributed by atoms with Crippen LogP contribution >= 0.6 is 11.6 Å². The van der Waals surface area contributed by atoms with Gasteiger partial charge >= 0.3 is 0 Å². The van der Waals surface area contributed by atoms with Gasteiger partial charge in [0.05, 0.1) is 5.52 Å². The van der Waals surface area contributed by atoms with Crippen LogP contribution < -0.4 is 4.90 Å². The third-order valence-electron chi connectivity index (χ3n) is 5.20. The molecule has 136 valence electrons. The van der Waals surface area contributed by atoms with Crippen molar-refractivity contribution in [1.29, 1.82) is 0 Å². The molecule has 0 amide bonds. The molecule has 0 spiro atoms. The largest absolute Gasteiger partial charge is 0.342 e. The summed E-state index contributed by atoms with van der Waals surface area (Å²) in [5.41, 5.74) is 2.94. The molecule has 3 heterocycles. The van der Waals surface area contributed by atoms with Gasteiger partial charge in [-0.05, 0) is 43.0 Å². The van der Waals surface area contributed by atoms with Crippen LogP contribution in [0.1, 0.15) is 30.7 Å². The minimum Gasteiger partial charge on any atom is -0.342 e. The summed E-state index contributed by atoms with van der Waals surface area (Å²) in [6, 6.07) is 16.2. The molecule has 0 unspecified atom stereocenters. The molecular formula is C21H20ClN5. The molecule has 1 saturated heterocycles. The highest BCUT2D eigenvalue weighted by molar-refractivity contribution is 6.31. The van der Waals surface area contributed by atoms with Crippen molar-refractivity contribution in [2.75, 3.05) is 18.0 Å². The third kappa shape index (κ3) is 3.02. The van der Waals surface area contributed by atoms with Crippen LogP contribution in [0, 0.1) is 0 Å². The van der Waals surface area contributed by atoms with Crippen molar-refractivity contribution < 1.29 is 0 Å². The van der Waals surface area contributed by atoms with Crippen molar-refractivity contribution in [1.82, 2.24) is 19.6 Å². The summed E-state index contributed by atoms with van der Waals surface area (Å²) >= 11 is 6.22. The summed E-state index contributed by atoms with van der Waals surface area (Å²) in [4.78, 5) is 7.34. The van der Waals surface area contributed by atoms with Gasteiger partial charge < -0.3 is 4.90 Å². The first kappa shape index (κ1) is 16.5. The summed E-state index contributed by atoms with van der Waals surface area (Å²) in [5.74, 6) is 1.84. The van der Waals surface area contributed by atoms with Crippen molar-refractivity contribution >= 4 is 34.1 Å². The molecule has 27 heavy (non-hydrogen) atoms. The van der Waals surface area contributed by atoms with E-state index >= 15 is 0 Å². The average molecular weight is 378 g/mol. The molecule has 5 rings (SSSR count). The number of anilines is 1. The second-order valence-corrected chi connectivity index (χ2v) is 7.50. The lowest BCUT2D eigenvalue weighted by Gasteiger charge is -2.28. The van der Waals surface area contributed by atoms with E-state index in [0.29, 0.717) is 5.02 Å². The van der Waals surface area contributed by atoms with E-state index in [1.807, 2.05) is 24.3 Å². The van der Waals surface area contributed by atoms with Crippen molar-refractivity contribution in [2.24, 2.45) is 0 Å². The van der Waals surface area contributed by atoms with Gasteiger partial charge in [0.25, 0.3) is 0 Å². The summed E-state index contributed by atoms with van der Waals surface area (Å²) in [7, 11) is 0. The summed E-state index contributed by atoms with van der Waals surface area (Å²) < 4.78 is 2.13. The van der Waals surface area contributed by atoms with Crippen molar-refractivity contribution in [3.05, 3.63) is 64.9 Å². The summed E-state index contributed by atoms with van der Waals surface area (Å²) in [5, 5.41) is 10.7. The zero-order valence-electron chi connectivity index (χ0n) is 15.0. The molecule has 0 bridgehead atoms. The number of aromatic nitrogens is 4. The highest BCUT2D eigenvalue weighted by Crippen LogP contribution is 2.28. The maximum Gasteiger partial charge on any atom is 0.213 e. The van der Waals surface area contributed by atoms with Crippen LogP contribution in [0.5, 0.6) is 0 Å². The van der Waals surface area contributed by atoms with E-state index in [0.717, 1.165) is 47.8 Å². The quantitative estimate of drug-likeness (QED) is 0.527. The third-order valence-corrected chi connectivity index (χ3v) is 5.43. The molecule has 2 aromatic carbocycles. The highest BCUT2D eigenvalue weighted by Gasteiger charge is 2.21. The molecule has 0 N–H and O–H groups in total. The van der Waals surface area contributed by atoms with Gasteiger partial charge in [-0.2, -0.15) is 0 Å². The van der Waals surface area contributed by atoms with Gasteiger partial charge in [-0.3, -0.25) is 0 Å². The predicted octanol–water partition coefficient (Wildman–Crippen LogP) is 4.51. The highest BCUT2D eigenvalue weighted by atomic mass is 35.5. The first-order chi connectivity index (χ1) is 13.3. The van der Waals surface area contributed by atoms with Gasteiger partial charge in [-0.25, -0.2) is 9.38 Å². The Kier molecular flexibility index (Phi) is 4.17. The number of fused-ring (bicyclic) bond motifs is 3. The number of hydrogen-bond acceptors (Lipinski definition) is 4. The average Bonchev–Trinajstić information content (AvgIpc) is 3.12. The molecule has 1 fully saturated rings. The fraction of sp³-hybridized carbons (Fsp3) is 0.286. The van der Waals surface area contributed by atoms with Crippen LogP contribution in [0.4, 0.5) is 5.95 Å². The van der Waals surface area contributed by atoms with Crippen molar-refractivity contribution in [3.63, 3.8) is 0 Å². The van der Waals surface area contributed by atoms with E-state index < -0.39 is 0 Å². The van der Waals surface area contributed by atoms with Crippen LogP contribution in [0.25, 0.3) is 16.6 Å². The molecule has 0 radical (unpaired) electrons. The molecule has 6 heteroatoms. The standard InChI is InChI=1S/C21H20ClN5/c22-16-9-10-17-18(14-16)23-21(26-11-5-2-6-12-26)27-19(24-25-20(17)27)13-15-7-3-1-4-8-15/h1,3-4,7-10,14H,2,5-6,11-13H2. The van der Waals surface area contributed by atoms with Crippen LogP contribution in [-0.4, -0.2) is 32.7 Å². The number of piperidine rings is 1. The summed E-state index contributed by atoms with van der Waals surface area (Å²) in [6.07, 6.45) is 4.38. The Labute approximate surface area is 162 Å². The zero-order valence-corrected chi connectivity index (χ0v) is 15.7. The number of hydrogen-bond donors (Lipinski definition) is 0. The topological polar surface area (TPSA) is 46.3 Å². The van der Waals surface area contributed by atoms with Crippen LogP contribution in [0.2, 0.25) is 5.02 Å². The van der Waals surface area contributed by atoms with E-state index in [1.165, 1.54) is 24.8 Å². The Morgan fingerprint density at radius 1 is 0.926 bits per heavy atom. The van der Waals surface area contributed by atoms with E-state index in [1.54, 1.807) is 0 Å². The van der Waals surface area contributed by atoms with E-state index in [4.69, 9.17) is 16.6 Å². The Hall–Kier alpha value is -2.66. The lowest BCUT2D eigenvalue weighted by molar-refractivity contribution is 0.565. The Morgan fingerprint density at radius 2 is 1.74 bits per heavy atom. The predicted molar refractivity (Wildman–Crippen MR) is 109 cm³/mol. The monoisotopic (exact) mass is 377 g/mol. The van der Waals surface area contributed by atoms with Gasteiger partial charge in [0, 0.05) is 29.9 Å². The van der Waals surface area contributed by atoms with E-state index in [2.05, 4.69) is 43.8 Å². The molecule has 1 aliphatic rings. The minimum absolute atomic E-state index is 0.688. The lowest BCUT2D eigenvalue weighted by Crippen LogP contribution is -2.32. The van der Waals surface area contributed by atoms with Crippen LogP contribution in [-0.2, 0) is 6.42 Å². The molecule has 0 aliphatic carbocycles. The molecular weight excluding hydrogens is 358 g/mol. The smallest absolute Gasteiger partial charge is 0.213 e. The fourth-order valence-electron chi connectivity index (χ4n) is 3.84. The first-order valence-corrected chi connectivity index (χ1v) is 9.79. The molecule has 2 aromatic heterocycles. The molecule has 1 aliphatic heterocycles. The Morgan fingerprint density at radius 3 is 2.56 bits per heavy atom. The van der Waals surface area contributed by atoms with Gasteiger partial charge in [-0.1, -0.05) is 41.9 Å². The van der Waals surface area contributed by atoms with Gasteiger partial charge in [-0.15, -0.1) is 10.2 Å². The fourth-order valence-corrected chi connectivity index (χ4v) is 4.01. The van der Waals surface area contributed by atoms with Crippen molar-refractivity contribution in [2.45, 2.75) is 25.7 Å². The number of benzene rings is 2. The normalized spacial score (nSPS) is 14.9. The van der Waals surface area contributed by atoms with E-state index in [-0.39, 0.29) is 0 Å². The molecule has 0 atom stereocenters. The number of halogens is 1. The van der Waals surface area contributed by atoms with Gasteiger partial charge in [0.15, 0.2) is 5.65 Å². The minimum atomic E-state index is 0.688. The maximum absolute atomic E-state index is 6.22. The number of rotatable bonds is 3. The first-order valence-electron chi connectivity index (χ1n) is 9.42. The van der Waals surface area contributed by atoms with Gasteiger partial charge in [0.2, 0.25) is 5.95 Å².